The van der Waals surface area contributed by atoms with Crippen LogP contribution < -0.4 is 15.5 Å². The molecule has 0 spiro atoms. The van der Waals surface area contributed by atoms with Crippen molar-refractivity contribution in [1.29, 1.82) is 0 Å². The lowest BCUT2D eigenvalue weighted by Crippen LogP contribution is -2.47. The average molecular weight is 509 g/mol. The maximum absolute atomic E-state index is 4.34. The predicted octanol–water partition coefficient (Wildman–Crippen LogP) is 2.28. The molecule has 3 rings (SSSR count). The summed E-state index contributed by atoms with van der Waals surface area (Å²) in [6.45, 7) is 8.96. The van der Waals surface area contributed by atoms with Crippen LogP contribution in [0.25, 0.3) is 0 Å². The van der Waals surface area contributed by atoms with Crippen molar-refractivity contribution in [1.82, 2.24) is 25.5 Å². The lowest BCUT2D eigenvalue weighted by Gasteiger charge is -2.34. The van der Waals surface area contributed by atoms with E-state index >= 15 is 0 Å². The molecule has 1 aromatic carbocycles. The maximum atomic E-state index is 4.34. The number of rotatable bonds is 7. The molecule has 1 fully saturated rings. The molecule has 0 radical (unpaired) electrons. The van der Waals surface area contributed by atoms with E-state index in [0.29, 0.717) is 0 Å². The zero-order valence-corrected chi connectivity index (χ0v) is 19.7. The van der Waals surface area contributed by atoms with Gasteiger partial charge in [-0.3, -0.25) is 9.89 Å². The second-order valence-electron chi connectivity index (χ2n) is 7.07. The Kier molecular flexibility index (Phi) is 10.1. The summed E-state index contributed by atoms with van der Waals surface area (Å²) in [4.78, 5) is 17.8. The summed E-state index contributed by atoms with van der Waals surface area (Å²) >= 11 is 0. The summed E-state index contributed by atoms with van der Waals surface area (Å²) in [5, 5.41) is 6.78. The topological polar surface area (TPSA) is 68.7 Å². The lowest BCUT2D eigenvalue weighted by molar-refractivity contribution is 0.254. The van der Waals surface area contributed by atoms with Crippen molar-refractivity contribution in [2.24, 2.45) is 4.99 Å². The zero-order valence-electron chi connectivity index (χ0n) is 17.3. The number of aromatic nitrogens is 2. The SMILES string of the molecule is CN=C(NCCCN1CCN(c2ncccn2)CC1)NCc1ccc(C)cc1.I. The number of nitrogens with zero attached hydrogens (tertiary/aromatic N) is 5. The second kappa shape index (κ2) is 12.6. The summed E-state index contributed by atoms with van der Waals surface area (Å²) in [6, 6.07) is 10.4. The van der Waals surface area contributed by atoms with Gasteiger partial charge in [0.05, 0.1) is 0 Å². The van der Waals surface area contributed by atoms with Crippen molar-refractivity contribution in [3.05, 3.63) is 53.9 Å². The minimum Gasteiger partial charge on any atom is -0.356 e. The van der Waals surface area contributed by atoms with Gasteiger partial charge in [-0.05, 0) is 31.5 Å². The van der Waals surface area contributed by atoms with Gasteiger partial charge in [-0.2, -0.15) is 0 Å². The van der Waals surface area contributed by atoms with Crippen LogP contribution in [-0.2, 0) is 6.54 Å². The Morgan fingerprint density at radius 1 is 1.03 bits per heavy atom. The van der Waals surface area contributed by atoms with Gasteiger partial charge in [0.1, 0.15) is 0 Å². The van der Waals surface area contributed by atoms with Crippen LogP contribution in [-0.4, -0.2) is 67.1 Å². The molecule has 1 aromatic heterocycles. The minimum absolute atomic E-state index is 0. The highest BCUT2D eigenvalue weighted by Crippen LogP contribution is 2.09. The quantitative estimate of drug-likeness (QED) is 0.259. The third kappa shape index (κ3) is 7.77. The van der Waals surface area contributed by atoms with Gasteiger partial charge >= 0.3 is 0 Å². The van der Waals surface area contributed by atoms with E-state index in [0.717, 1.165) is 64.1 Å². The molecule has 7 nitrogen and oxygen atoms in total. The molecular weight excluding hydrogens is 477 g/mol. The maximum Gasteiger partial charge on any atom is 0.225 e. The van der Waals surface area contributed by atoms with E-state index in [-0.39, 0.29) is 24.0 Å². The Morgan fingerprint density at radius 2 is 1.72 bits per heavy atom. The average Bonchev–Trinajstić information content (AvgIpc) is 2.75. The van der Waals surface area contributed by atoms with E-state index < -0.39 is 0 Å². The van der Waals surface area contributed by atoms with Crippen LogP contribution in [0.3, 0.4) is 0 Å². The summed E-state index contributed by atoms with van der Waals surface area (Å²) in [6.07, 6.45) is 4.70. The van der Waals surface area contributed by atoms with Gasteiger partial charge in [-0.25, -0.2) is 9.97 Å². The Hall–Kier alpha value is -1.94. The Bertz CT molecular complexity index is 728. The smallest absolute Gasteiger partial charge is 0.225 e. The van der Waals surface area contributed by atoms with E-state index in [4.69, 9.17) is 0 Å². The van der Waals surface area contributed by atoms with Crippen molar-refractivity contribution in [2.75, 3.05) is 51.2 Å². The van der Waals surface area contributed by atoms with Crippen LogP contribution >= 0.6 is 24.0 Å². The van der Waals surface area contributed by atoms with Crippen molar-refractivity contribution < 1.29 is 0 Å². The number of piperazine rings is 1. The summed E-state index contributed by atoms with van der Waals surface area (Å²) in [7, 11) is 1.81. The molecule has 158 valence electrons. The third-order valence-corrected chi connectivity index (χ3v) is 4.96. The Morgan fingerprint density at radius 3 is 2.38 bits per heavy atom. The molecule has 1 aliphatic heterocycles. The number of halogens is 1. The molecule has 8 heteroatoms. The highest BCUT2D eigenvalue weighted by molar-refractivity contribution is 14.0. The van der Waals surface area contributed by atoms with Gasteiger partial charge in [0.15, 0.2) is 5.96 Å². The van der Waals surface area contributed by atoms with E-state index in [2.05, 4.69) is 66.6 Å². The van der Waals surface area contributed by atoms with Crippen molar-refractivity contribution in [2.45, 2.75) is 19.9 Å². The normalized spacial score (nSPS) is 15.0. The molecule has 1 saturated heterocycles. The molecule has 0 atom stereocenters. The zero-order chi connectivity index (χ0) is 19.6. The van der Waals surface area contributed by atoms with Crippen molar-refractivity contribution >= 4 is 35.9 Å². The largest absolute Gasteiger partial charge is 0.356 e. The van der Waals surface area contributed by atoms with Gasteiger partial charge in [0, 0.05) is 58.7 Å². The number of hydrogen-bond donors (Lipinski definition) is 2. The first-order valence-corrected chi connectivity index (χ1v) is 9.99. The van der Waals surface area contributed by atoms with Gasteiger partial charge < -0.3 is 15.5 Å². The van der Waals surface area contributed by atoms with Crippen LogP contribution in [0.4, 0.5) is 5.95 Å². The number of aliphatic imine (C=N–C) groups is 1. The third-order valence-electron chi connectivity index (χ3n) is 4.96. The highest BCUT2D eigenvalue weighted by Gasteiger charge is 2.18. The first-order valence-electron chi connectivity index (χ1n) is 9.99. The summed E-state index contributed by atoms with van der Waals surface area (Å²) in [5.74, 6) is 1.69. The van der Waals surface area contributed by atoms with Crippen LogP contribution in [0.5, 0.6) is 0 Å². The van der Waals surface area contributed by atoms with E-state index in [1.165, 1.54) is 11.1 Å². The number of guanidine groups is 1. The number of anilines is 1. The molecular formula is C21H32IN7. The monoisotopic (exact) mass is 509 g/mol. The Balaban J connectivity index is 0.00000300. The standard InChI is InChI=1S/C21H31N7.HI/c1-18-5-7-19(8-6-18)17-26-20(22-2)23-11-4-12-27-13-15-28(16-14-27)21-24-9-3-10-25-21;/h3,5-10H,4,11-17H2,1-2H3,(H2,22,23,26);1H. The van der Waals surface area contributed by atoms with E-state index in [9.17, 15) is 0 Å². The lowest BCUT2D eigenvalue weighted by atomic mass is 10.1. The molecule has 2 heterocycles. The molecule has 29 heavy (non-hydrogen) atoms. The number of hydrogen-bond acceptors (Lipinski definition) is 5. The molecule has 1 aliphatic rings. The highest BCUT2D eigenvalue weighted by atomic mass is 127. The fourth-order valence-corrected chi connectivity index (χ4v) is 3.25. The Labute approximate surface area is 191 Å². The van der Waals surface area contributed by atoms with Gasteiger partial charge in [-0.1, -0.05) is 29.8 Å². The molecule has 0 unspecified atom stereocenters. The first-order chi connectivity index (χ1) is 13.7. The summed E-state index contributed by atoms with van der Waals surface area (Å²) < 4.78 is 0. The predicted molar refractivity (Wildman–Crippen MR) is 130 cm³/mol. The minimum atomic E-state index is 0. The van der Waals surface area contributed by atoms with Crippen molar-refractivity contribution in [3.8, 4) is 0 Å². The number of aryl methyl sites for hydroxylation is 1. The van der Waals surface area contributed by atoms with Gasteiger partial charge in [-0.15, -0.1) is 24.0 Å². The fraction of sp³-hybridized carbons (Fsp3) is 0.476. The van der Waals surface area contributed by atoms with Gasteiger partial charge in [0.2, 0.25) is 5.95 Å². The molecule has 2 N–H and O–H groups in total. The van der Waals surface area contributed by atoms with Crippen LogP contribution in [0.2, 0.25) is 0 Å². The summed E-state index contributed by atoms with van der Waals surface area (Å²) in [5.41, 5.74) is 2.54. The second-order valence-corrected chi connectivity index (χ2v) is 7.07. The van der Waals surface area contributed by atoms with E-state index in [1.54, 1.807) is 12.4 Å². The van der Waals surface area contributed by atoms with Crippen LogP contribution in [0.1, 0.15) is 17.5 Å². The van der Waals surface area contributed by atoms with Crippen molar-refractivity contribution in [3.63, 3.8) is 0 Å². The molecule has 0 saturated carbocycles. The van der Waals surface area contributed by atoms with Gasteiger partial charge in [0.25, 0.3) is 0 Å². The fourth-order valence-electron chi connectivity index (χ4n) is 3.25. The number of nitrogens with one attached hydrogen (secondary N) is 2. The van der Waals surface area contributed by atoms with Crippen LogP contribution in [0.15, 0.2) is 47.7 Å². The van der Waals surface area contributed by atoms with Crippen LogP contribution in [0, 0.1) is 6.92 Å². The molecule has 0 bridgehead atoms. The molecule has 0 aliphatic carbocycles. The molecule has 2 aromatic rings. The number of benzene rings is 1. The van der Waals surface area contributed by atoms with E-state index in [1.807, 2.05) is 13.1 Å². The first kappa shape index (κ1) is 23.3. The molecule has 0 amide bonds.